The molecule has 2 aliphatic rings. The van der Waals surface area contributed by atoms with Gasteiger partial charge in [0.05, 0.1) is 5.69 Å². The number of aromatic nitrogens is 1. The average Bonchev–Trinajstić information content (AvgIpc) is 3.08. The maximum atomic E-state index is 12.3. The van der Waals surface area contributed by atoms with E-state index in [9.17, 15) is 4.79 Å². The molecule has 0 spiro atoms. The number of hydrogen-bond acceptors (Lipinski definition) is 5. The number of aryl methyl sites for hydroxylation is 2. The second kappa shape index (κ2) is 5.04. The Kier molecular flexibility index (Phi) is 3.03. The molecule has 21 heavy (non-hydrogen) atoms. The van der Waals surface area contributed by atoms with Crippen molar-refractivity contribution in [1.82, 2.24) is 4.98 Å². The third kappa shape index (κ3) is 2.35. The number of para-hydroxylation sites is 2. The third-order valence-electron chi connectivity index (χ3n) is 3.63. The van der Waals surface area contributed by atoms with Crippen LogP contribution in [0.15, 0.2) is 24.3 Å². The molecule has 1 aliphatic carbocycles. The van der Waals surface area contributed by atoms with Gasteiger partial charge in [0.2, 0.25) is 6.10 Å². The molecule has 0 bridgehead atoms. The maximum Gasteiger partial charge on any atom is 0.270 e. The summed E-state index contributed by atoms with van der Waals surface area (Å²) in [5.41, 5.74) is 1.13. The fourth-order valence-electron chi connectivity index (χ4n) is 2.58. The number of carbonyl (C=O) groups is 1. The quantitative estimate of drug-likeness (QED) is 0.925. The Balaban J connectivity index is 1.46. The molecule has 0 saturated carbocycles. The van der Waals surface area contributed by atoms with E-state index in [0.29, 0.717) is 16.6 Å². The SMILES string of the molecule is O=C(Nc1nc2c(s1)CCC2)[C@H]1COc2ccccc2O1. The number of rotatable bonds is 2. The third-order valence-corrected chi connectivity index (χ3v) is 4.70. The predicted octanol–water partition coefficient (Wildman–Crippen LogP) is 2.41. The lowest BCUT2D eigenvalue weighted by molar-refractivity contribution is -0.125. The molecule has 6 heteroatoms. The van der Waals surface area contributed by atoms with Crippen molar-refractivity contribution in [3.63, 3.8) is 0 Å². The Morgan fingerprint density at radius 3 is 3.00 bits per heavy atom. The Morgan fingerprint density at radius 1 is 1.29 bits per heavy atom. The summed E-state index contributed by atoms with van der Waals surface area (Å²) < 4.78 is 11.2. The first kappa shape index (κ1) is 12.6. The van der Waals surface area contributed by atoms with E-state index in [1.807, 2.05) is 18.2 Å². The van der Waals surface area contributed by atoms with Crippen molar-refractivity contribution in [3.05, 3.63) is 34.8 Å². The summed E-state index contributed by atoms with van der Waals surface area (Å²) in [7, 11) is 0. The maximum absolute atomic E-state index is 12.3. The fraction of sp³-hybridized carbons (Fsp3) is 0.333. The van der Waals surface area contributed by atoms with Gasteiger partial charge in [-0.2, -0.15) is 0 Å². The lowest BCUT2D eigenvalue weighted by Gasteiger charge is -2.25. The van der Waals surface area contributed by atoms with Crippen LogP contribution >= 0.6 is 11.3 Å². The van der Waals surface area contributed by atoms with E-state index in [-0.39, 0.29) is 12.5 Å². The molecule has 0 radical (unpaired) electrons. The van der Waals surface area contributed by atoms with Gasteiger partial charge in [-0.3, -0.25) is 10.1 Å². The van der Waals surface area contributed by atoms with Crippen molar-refractivity contribution in [1.29, 1.82) is 0 Å². The van der Waals surface area contributed by atoms with Gasteiger partial charge in [-0.05, 0) is 31.4 Å². The molecule has 108 valence electrons. The minimum Gasteiger partial charge on any atom is -0.485 e. The van der Waals surface area contributed by atoms with Crippen molar-refractivity contribution in [3.8, 4) is 11.5 Å². The van der Waals surface area contributed by atoms with Gasteiger partial charge in [-0.15, -0.1) is 11.3 Å². The molecule has 1 atom stereocenters. The summed E-state index contributed by atoms with van der Waals surface area (Å²) in [5.74, 6) is 1.07. The van der Waals surface area contributed by atoms with Crippen LogP contribution in [0.4, 0.5) is 5.13 Å². The second-order valence-electron chi connectivity index (χ2n) is 5.10. The molecule has 2 heterocycles. The van der Waals surface area contributed by atoms with Crippen LogP contribution in [0.5, 0.6) is 11.5 Å². The Hall–Kier alpha value is -2.08. The monoisotopic (exact) mass is 302 g/mol. The number of hydrogen-bond donors (Lipinski definition) is 1. The van der Waals surface area contributed by atoms with Gasteiger partial charge in [-0.25, -0.2) is 4.98 Å². The minimum atomic E-state index is -0.640. The van der Waals surface area contributed by atoms with Crippen LogP contribution in [0.25, 0.3) is 0 Å². The zero-order chi connectivity index (χ0) is 14.2. The molecular formula is C15H14N2O3S. The van der Waals surface area contributed by atoms with Crippen molar-refractivity contribution in [2.45, 2.75) is 25.4 Å². The first-order valence-electron chi connectivity index (χ1n) is 6.97. The second-order valence-corrected chi connectivity index (χ2v) is 6.18. The van der Waals surface area contributed by atoms with Crippen molar-refractivity contribution < 1.29 is 14.3 Å². The largest absolute Gasteiger partial charge is 0.485 e. The van der Waals surface area contributed by atoms with Crippen LogP contribution in [0.1, 0.15) is 17.0 Å². The average molecular weight is 302 g/mol. The van der Waals surface area contributed by atoms with E-state index in [1.165, 1.54) is 11.3 Å². The highest BCUT2D eigenvalue weighted by Crippen LogP contribution is 2.32. The number of nitrogens with one attached hydrogen (secondary N) is 1. The van der Waals surface area contributed by atoms with Gasteiger partial charge >= 0.3 is 0 Å². The van der Waals surface area contributed by atoms with Crippen molar-refractivity contribution in [2.24, 2.45) is 0 Å². The lowest BCUT2D eigenvalue weighted by atomic mass is 10.2. The smallest absolute Gasteiger partial charge is 0.270 e. The van der Waals surface area contributed by atoms with E-state index >= 15 is 0 Å². The molecule has 1 amide bonds. The summed E-state index contributed by atoms with van der Waals surface area (Å²) in [4.78, 5) is 18.0. The van der Waals surface area contributed by atoms with Crippen molar-refractivity contribution >= 4 is 22.4 Å². The number of benzene rings is 1. The highest BCUT2D eigenvalue weighted by atomic mass is 32.1. The number of nitrogens with zero attached hydrogens (tertiary/aromatic N) is 1. The number of ether oxygens (including phenoxy) is 2. The van der Waals surface area contributed by atoms with E-state index in [2.05, 4.69) is 10.3 Å². The van der Waals surface area contributed by atoms with E-state index in [4.69, 9.17) is 9.47 Å². The number of anilines is 1. The Morgan fingerprint density at radius 2 is 2.14 bits per heavy atom. The zero-order valence-corrected chi connectivity index (χ0v) is 12.1. The first-order valence-corrected chi connectivity index (χ1v) is 7.79. The Labute approximate surface area is 125 Å². The van der Waals surface area contributed by atoms with Crippen LogP contribution in [0.3, 0.4) is 0 Å². The molecule has 1 aromatic carbocycles. The molecule has 1 N–H and O–H groups in total. The minimum absolute atomic E-state index is 0.211. The predicted molar refractivity (Wildman–Crippen MR) is 79.1 cm³/mol. The zero-order valence-electron chi connectivity index (χ0n) is 11.3. The van der Waals surface area contributed by atoms with Gasteiger partial charge in [0, 0.05) is 4.88 Å². The summed E-state index contributed by atoms with van der Waals surface area (Å²) in [6.45, 7) is 0.216. The molecule has 2 aromatic rings. The highest BCUT2D eigenvalue weighted by Gasteiger charge is 2.28. The summed E-state index contributed by atoms with van der Waals surface area (Å²) in [6.07, 6.45) is 2.61. The molecule has 5 nitrogen and oxygen atoms in total. The number of amides is 1. The fourth-order valence-corrected chi connectivity index (χ4v) is 3.63. The van der Waals surface area contributed by atoms with Gasteiger partial charge in [0.1, 0.15) is 6.61 Å². The Bertz CT molecular complexity index is 676. The van der Waals surface area contributed by atoms with E-state index in [0.717, 1.165) is 18.5 Å². The van der Waals surface area contributed by atoms with Crippen LogP contribution < -0.4 is 14.8 Å². The highest BCUT2D eigenvalue weighted by molar-refractivity contribution is 7.15. The molecule has 0 fully saturated rings. The van der Waals surface area contributed by atoms with Crippen LogP contribution in [-0.2, 0) is 17.6 Å². The number of fused-ring (bicyclic) bond motifs is 2. The van der Waals surface area contributed by atoms with Crippen LogP contribution in [0, 0.1) is 0 Å². The molecule has 1 aromatic heterocycles. The van der Waals surface area contributed by atoms with Crippen LogP contribution in [-0.4, -0.2) is 23.6 Å². The van der Waals surface area contributed by atoms with E-state index < -0.39 is 6.10 Å². The number of carbonyl (C=O) groups excluding carboxylic acids is 1. The lowest BCUT2D eigenvalue weighted by Crippen LogP contribution is -2.40. The summed E-state index contributed by atoms with van der Waals surface area (Å²) in [6, 6.07) is 7.36. The number of thiazole rings is 1. The summed E-state index contributed by atoms with van der Waals surface area (Å²) in [5, 5.41) is 3.49. The summed E-state index contributed by atoms with van der Waals surface area (Å²) >= 11 is 1.56. The molecule has 0 unspecified atom stereocenters. The van der Waals surface area contributed by atoms with Gasteiger partial charge in [0.15, 0.2) is 16.6 Å². The molecule has 4 rings (SSSR count). The molecular weight excluding hydrogens is 288 g/mol. The first-order chi connectivity index (χ1) is 10.3. The normalized spacial score (nSPS) is 19.1. The molecule has 1 aliphatic heterocycles. The van der Waals surface area contributed by atoms with Gasteiger partial charge in [0.25, 0.3) is 5.91 Å². The molecule has 0 saturated heterocycles. The van der Waals surface area contributed by atoms with Gasteiger partial charge < -0.3 is 9.47 Å². The standard InChI is InChI=1S/C15H14N2O3S/c18-14(17-15-16-9-4-3-7-13(9)21-15)12-8-19-10-5-1-2-6-11(10)20-12/h1-2,5-6,12H,3-4,7-8H2,(H,16,17,18)/t12-/m1/s1. The van der Waals surface area contributed by atoms with Crippen LogP contribution in [0.2, 0.25) is 0 Å². The topological polar surface area (TPSA) is 60.5 Å². The van der Waals surface area contributed by atoms with Crippen molar-refractivity contribution in [2.75, 3.05) is 11.9 Å². The van der Waals surface area contributed by atoms with Gasteiger partial charge in [-0.1, -0.05) is 12.1 Å². The van der Waals surface area contributed by atoms with E-state index in [1.54, 1.807) is 17.4 Å².